The molecule has 1 aliphatic rings. The zero-order chi connectivity index (χ0) is 14.2. The first kappa shape index (κ1) is 13.3. The molecule has 1 aromatic carbocycles. The Kier molecular flexibility index (Phi) is 3.36. The van der Waals surface area contributed by atoms with Crippen LogP contribution in [-0.2, 0) is 11.3 Å². The third-order valence-corrected chi connectivity index (χ3v) is 3.71. The maximum absolute atomic E-state index is 5.79. The van der Waals surface area contributed by atoms with Crippen LogP contribution in [0.15, 0.2) is 30.3 Å². The molecule has 2 heterocycles. The molecule has 1 fully saturated rings. The number of benzene rings is 1. The van der Waals surface area contributed by atoms with Gasteiger partial charge in [0, 0.05) is 25.0 Å². The molecule has 0 aliphatic carbocycles. The zero-order valence-electron chi connectivity index (χ0n) is 12.1. The lowest BCUT2D eigenvalue weighted by molar-refractivity contribution is -0.0278. The van der Waals surface area contributed by atoms with Gasteiger partial charge in [0.15, 0.2) is 0 Å². The summed E-state index contributed by atoms with van der Waals surface area (Å²) in [5.74, 6) is 1.03. The van der Waals surface area contributed by atoms with Crippen molar-refractivity contribution in [1.29, 1.82) is 0 Å². The molecule has 106 valence electrons. The summed E-state index contributed by atoms with van der Waals surface area (Å²) in [5.41, 5.74) is 6.58. The van der Waals surface area contributed by atoms with Crippen LogP contribution in [0.3, 0.4) is 0 Å². The van der Waals surface area contributed by atoms with Crippen LogP contribution < -0.4 is 10.6 Å². The van der Waals surface area contributed by atoms with Crippen molar-refractivity contribution in [3.05, 3.63) is 36.0 Å². The molecule has 0 bridgehead atoms. The highest BCUT2D eigenvalue weighted by atomic mass is 16.5. The molecule has 2 aromatic rings. The molecular formula is C16H21N3O. The molecular weight excluding hydrogens is 250 g/mol. The Labute approximate surface area is 119 Å². The van der Waals surface area contributed by atoms with Crippen LogP contribution >= 0.6 is 0 Å². The molecule has 0 amide bonds. The number of hydrogen-bond donors (Lipinski definition) is 1. The Bertz CT molecular complexity index is 624. The Morgan fingerprint density at radius 2 is 2.15 bits per heavy atom. The monoisotopic (exact) mass is 271 g/mol. The number of ether oxygens (including phenoxy) is 1. The van der Waals surface area contributed by atoms with E-state index in [-0.39, 0.29) is 5.60 Å². The second-order valence-corrected chi connectivity index (χ2v) is 5.89. The van der Waals surface area contributed by atoms with E-state index in [1.807, 2.05) is 0 Å². The van der Waals surface area contributed by atoms with Gasteiger partial charge in [-0.3, -0.25) is 0 Å². The van der Waals surface area contributed by atoms with Crippen LogP contribution in [0.1, 0.15) is 19.5 Å². The van der Waals surface area contributed by atoms with E-state index in [1.165, 1.54) is 10.8 Å². The van der Waals surface area contributed by atoms with Crippen LogP contribution in [0.25, 0.3) is 10.8 Å². The summed E-state index contributed by atoms with van der Waals surface area (Å²) < 4.78 is 5.79. The average Bonchev–Trinajstić information content (AvgIpc) is 2.45. The van der Waals surface area contributed by atoms with Gasteiger partial charge in [0.1, 0.15) is 5.82 Å². The van der Waals surface area contributed by atoms with E-state index in [4.69, 9.17) is 15.5 Å². The quantitative estimate of drug-likeness (QED) is 0.910. The lowest BCUT2D eigenvalue weighted by atomic mass is 10.1. The third-order valence-electron chi connectivity index (χ3n) is 3.71. The minimum Gasteiger partial charge on any atom is -0.372 e. The lowest BCUT2D eigenvalue weighted by Crippen LogP contribution is -2.48. The number of fused-ring (bicyclic) bond motifs is 1. The number of rotatable bonds is 2. The fourth-order valence-corrected chi connectivity index (χ4v) is 2.78. The summed E-state index contributed by atoms with van der Waals surface area (Å²) in [6, 6.07) is 10.4. The molecule has 2 N–H and O–H groups in total. The molecule has 1 aromatic heterocycles. The zero-order valence-corrected chi connectivity index (χ0v) is 12.1. The van der Waals surface area contributed by atoms with Gasteiger partial charge in [0.2, 0.25) is 0 Å². The summed E-state index contributed by atoms with van der Waals surface area (Å²) in [6.45, 7) is 7.15. The Morgan fingerprint density at radius 3 is 2.90 bits per heavy atom. The standard InChI is InChI=1S/C16H21N3O/c1-16(2)11-19(7-8-20-16)15-14-6-4-3-5-12(14)9-13(10-17)18-15/h3-6,9H,7-8,10-11,17H2,1-2H3. The van der Waals surface area contributed by atoms with E-state index >= 15 is 0 Å². The molecule has 4 heteroatoms. The van der Waals surface area contributed by atoms with E-state index in [0.29, 0.717) is 6.54 Å². The van der Waals surface area contributed by atoms with Crippen molar-refractivity contribution in [2.45, 2.75) is 26.0 Å². The highest BCUT2D eigenvalue weighted by Gasteiger charge is 2.28. The first-order valence-corrected chi connectivity index (χ1v) is 7.07. The molecule has 3 rings (SSSR count). The minimum atomic E-state index is -0.139. The summed E-state index contributed by atoms with van der Waals surface area (Å²) >= 11 is 0. The van der Waals surface area contributed by atoms with Crippen molar-refractivity contribution in [2.75, 3.05) is 24.6 Å². The molecule has 1 aliphatic heterocycles. The number of morpholine rings is 1. The Hall–Kier alpha value is -1.65. The minimum absolute atomic E-state index is 0.139. The topological polar surface area (TPSA) is 51.4 Å². The number of pyridine rings is 1. The van der Waals surface area contributed by atoms with E-state index in [0.717, 1.165) is 31.2 Å². The van der Waals surface area contributed by atoms with Crippen molar-refractivity contribution in [1.82, 2.24) is 4.98 Å². The van der Waals surface area contributed by atoms with Gasteiger partial charge in [-0.25, -0.2) is 4.98 Å². The number of nitrogens with zero attached hydrogens (tertiary/aromatic N) is 2. The molecule has 20 heavy (non-hydrogen) atoms. The van der Waals surface area contributed by atoms with Gasteiger partial charge in [0.25, 0.3) is 0 Å². The first-order valence-electron chi connectivity index (χ1n) is 7.07. The molecule has 4 nitrogen and oxygen atoms in total. The molecule has 0 atom stereocenters. The average molecular weight is 271 g/mol. The third kappa shape index (κ3) is 2.49. The fourth-order valence-electron chi connectivity index (χ4n) is 2.78. The number of hydrogen-bond acceptors (Lipinski definition) is 4. The Morgan fingerprint density at radius 1 is 1.35 bits per heavy atom. The molecule has 0 radical (unpaired) electrons. The van der Waals surface area contributed by atoms with Crippen molar-refractivity contribution >= 4 is 16.6 Å². The highest BCUT2D eigenvalue weighted by Crippen LogP contribution is 2.29. The summed E-state index contributed by atoms with van der Waals surface area (Å²) in [5, 5.41) is 2.38. The highest BCUT2D eigenvalue weighted by molar-refractivity contribution is 5.92. The second-order valence-electron chi connectivity index (χ2n) is 5.89. The normalized spacial score (nSPS) is 18.4. The second kappa shape index (κ2) is 5.04. The van der Waals surface area contributed by atoms with E-state index in [1.54, 1.807) is 0 Å². The first-order chi connectivity index (χ1) is 9.59. The Balaban J connectivity index is 2.09. The van der Waals surface area contributed by atoms with Gasteiger partial charge >= 0.3 is 0 Å². The smallest absolute Gasteiger partial charge is 0.136 e. The van der Waals surface area contributed by atoms with Crippen molar-refractivity contribution in [3.8, 4) is 0 Å². The molecule has 0 spiro atoms. The fraction of sp³-hybridized carbons (Fsp3) is 0.438. The van der Waals surface area contributed by atoms with Gasteiger partial charge in [-0.15, -0.1) is 0 Å². The van der Waals surface area contributed by atoms with Crippen LogP contribution in [0.4, 0.5) is 5.82 Å². The van der Waals surface area contributed by atoms with Gasteiger partial charge in [0.05, 0.1) is 17.9 Å². The van der Waals surface area contributed by atoms with E-state index < -0.39 is 0 Å². The summed E-state index contributed by atoms with van der Waals surface area (Å²) in [6.07, 6.45) is 0. The molecule has 0 saturated carbocycles. The van der Waals surface area contributed by atoms with Crippen LogP contribution in [0.5, 0.6) is 0 Å². The maximum Gasteiger partial charge on any atom is 0.136 e. The number of nitrogens with two attached hydrogens (primary N) is 1. The van der Waals surface area contributed by atoms with Gasteiger partial charge in [-0.1, -0.05) is 24.3 Å². The van der Waals surface area contributed by atoms with Gasteiger partial charge in [-0.05, 0) is 25.3 Å². The van der Waals surface area contributed by atoms with Crippen molar-refractivity contribution in [2.24, 2.45) is 5.73 Å². The summed E-state index contributed by atoms with van der Waals surface area (Å²) in [7, 11) is 0. The van der Waals surface area contributed by atoms with Gasteiger partial charge in [-0.2, -0.15) is 0 Å². The predicted octanol–water partition coefficient (Wildman–Crippen LogP) is 2.31. The molecule has 1 saturated heterocycles. The van der Waals surface area contributed by atoms with Crippen molar-refractivity contribution < 1.29 is 4.74 Å². The van der Waals surface area contributed by atoms with Crippen molar-refractivity contribution in [3.63, 3.8) is 0 Å². The maximum atomic E-state index is 5.79. The van der Waals surface area contributed by atoms with Crippen LogP contribution in [-0.4, -0.2) is 30.3 Å². The van der Waals surface area contributed by atoms with Crippen LogP contribution in [0, 0.1) is 0 Å². The summed E-state index contributed by atoms with van der Waals surface area (Å²) in [4.78, 5) is 7.06. The van der Waals surface area contributed by atoms with Gasteiger partial charge < -0.3 is 15.4 Å². The van der Waals surface area contributed by atoms with E-state index in [9.17, 15) is 0 Å². The largest absolute Gasteiger partial charge is 0.372 e. The number of aromatic nitrogens is 1. The number of anilines is 1. The molecule has 0 unspecified atom stereocenters. The van der Waals surface area contributed by atoms with Crippen LogP contribution in [0.2, 0.25) is 0 Å². The SMILES string of the molecule is CC1(C)CN(c2nc(CN)cc3ccccc23)CCO1. The lowest BCUT2D eigenvalue weighted by Gasteiger charge is -2.39. The predicted molar refractivity (Wildman–Crippen MR) is 81.9 cm³/mol. The van der Waals surface area contributed by atoms with E-state index in [2.05, 4.69) is 49.1 Å².